The van der Waals surface area contributed by atoms with E-state index in [0.29, 0.717) is 5.02 Å². The Morgan fingerprint density at radius 1 is 1.54 bits per heavy atom. The first-order valence-corrected chi connectivity index (χ1v) is 5.24. The number of hydrogen-bond donors (Lipinski definition) is 1. The fourth-order valence-electron chi connectivity index (χ4n) is 1.05. The van der Waals surface area contributed by atoms with Gasteiger partial charge in [0, 0.05) is 4.90 Å². The molecular formula is C9H9ClO2S. The van der Waals surface area contributed by atoms with Crippen molar-refractivity contribution in [1.29, 1.82) is 0 Å². The van der Waals surface area contributed by atoms with Crippen LogP contribution in [0.25, 0.3) is 0 Å². The molecule has 0 atom stereocenters. The number of carboxylic acids is 1. The van der Waals surface area contributed by atoms with Crippen molar-refractivity contribution in [2.24, 2.45) is 0 Å². The van der Waals surface area contributed by atoms with Gasteiger partial charge in [-0.1, -0.05) is 11.6 Å². The fraction of sp³-hybridized carbons (Fsp3) is 0.222. The third-order valence-electron chi connectivity index (χ3n) is 1.79. The first kappa shape index (κ1) is 10.4. The van der Waals surface area contributed by atoms with E-state index in [1.54, 1.807) is 17.8 Å². The molecular weight excluding hydrogens is 208 g/mol. The van der Waals surface area contributed by atoms with Crippen molar-refractivity contribution in [3.63, 3.8) is 0 Å². The van der Waals surface area contributed by atoms with E-state index in [9.17, 15) is 4.79 Å². The molecule has 4 heteroatoms. The molecule has 0 aliphatic rings. The maximum atomic E-state index is 10.7. The Balaban J connectivity index is 3.31. The van der Waals surface area contributed by atoms with E-state index >= 15 is 0 Å². The molecule has 0 bridgehead atoms. The van der Waals surface area contributed by atoms with E-state index in [1.807, 2.05) is 13.2 Å². The van der Waals surface area contributed by atoms with Crippen LogP contribution in [-0.4, -0.2) is 17.3 Å². The number of hydrogen-bond acceptors (Lipinski definition) is 2. The lowest BCUT2D eigenvalue weighted by atomic mass is 10.1. The highest BCUT2D eigenvalue weighted by Crippen LogP contribution is 2.29. The lowest BCUT2D eigenvalue weighted by Gasteiger charge is -2.06. The molecule has 1 rings (SSSR count). The van der Waals surface area contributed by atoms with Crippen molar-refractivity contribution in [2.45, 2.75) is 11.8 Å². The molecule has 0 fully saturated rings. The minimum atomic E-state index is -0.985. The van der Waals surface area contributed by atoms with Crippen LogP contribution in [0.4, 0.5) is 0 Å². The third kappa shape index (κ3) is 1.98. The zero-order chi connectivity index (χ0) is 10.0. The number of aromatic carboxylic acids is 1. The van der Waals surface area contributed by atoms with E-state index in [4.69, 9.17) is 16.7 Å². The number of thioether (sulfide) groups is 1. The molecule has 1 N–H and O–H groups in total. The van der Waals surface area contributed by atoms with Crippen LogP contribution in [-0.2, 0) is 0 Å². The monoisotopic (exact) mass is 216 g/mol. The molecule has 0 aliphatic carbocycles. The molecule has 0 aliphatic heterocycles. The van der Waals surface area contributed by atoms with Gasteiger partial charge in [-0.05, 0) is 30.9 Å². The highest BCUT2D eigenvalue weighted by molar-refractivity contribution is 7.98. The summed E-state index contributed by atoms with van der Waals surface area (Å²) in [6, 6.07) is 3.30. The minimum absolute atomic E-state index is 0.164. The van der Waals surface area contributed by atoms with E-state index in [1.165, 1.54) is 6.07 Å². The normalized spacial score (nSPS) is 10.1. The lowest BCUT2D eigenvalue weighted by molar-refractivity contribution is 0.0697. The van der Waals surface area contributed by atoms with E-state index in [2.05, 4.69) is 0 Å². The van der Waals surface area contributed by atoms with Crippen LogP contribution in [0.2, 0.25) is 5.02 Å². The number of halogens is 1. The molecule has 1 aromatic carbocycles. The Bertz CT molecular complexity index is 350. The summed E-state index contributed by atoms with van der Waals surface area (Å²) in [6.45, 7) is 1.82. The minimum Gasteiger partial charge on any atom is -0.478 e. The maximum Gasteiger partial charge on any atom is 0.337 e. The first-order chi connectivity index (χ1) is 6.07. The number of benzene rings is 1. The Morgan fingerprint density at radius 2 is 2.15 bits per heavy atom. The van der Waals surface area contributed by atoms with Gasteiger partial charge < -0.3 is 5.11 Å². The van der Waals surface area contributed by atoms with Gasteiger partial charge in [-0.3, -0.25) is 0 Å². The number of carboxylic acid groups (broad SMARTS) is 1. The van der Waals surface area contributed by atoms with Gasteiger partial charge in [-0.15, -0.1) is 11.8 Å². The average molecular weight is 217 g/mol. The summed E-state index contributed by atoms with van der Waals surface area (Å²) in [7, 11) is 0. The molecule has 0 amide bonds. The van der Waals surface area contributed by atoms with E-state index < -0.39 is 5.97 Å². The van der Waals surface area contributed by atoms with Gasteiger partial charge in [0.25, 0.3) is 0 Å². The highest BCUT2D eigenvalue weighted by Gasteiger charge is 2.12. The van der Waals surface area contributed by atoms with Crippen LogP contribution >= 0.6 is 23.4 Å². The molecule has 1 aromatic rings. The number of rotatable bonds is 2. The van der Waals surface area contributed by atoms with Crippen molar-refractivity contribution >= 4 is 29.3 Å². The summed E-state index contributed by atoms with van der Waals surface area (Å²) >= 11 is 7.43. The van der Waals surface area contributed by atoms with E-state index in [0.717, 1.165) is 10.5 Å². The smallest absolute Gasteiger partial charge is 0.337 e. The molecule has 0 saturated heterocycles. The second-order valence-electron chi connectivity index (χ2n) is 2.56. The molecule has 70 valence electrons. The van der Waals surface area contributed by atoms with Gasteiger partial charge in [0.05, 0.1) is 10.6 Å². The summed E-state index contributed by atoms with van der Waals surface area (Å²) in [6.07, 6.45) is 1.93. The Kier molecular flexibility index (Phi) is 3.22. The molecule has 0 radical (unpaired) electrons. The zero-order valence-corrected chi connectivity index (χ0v) is 8.87. The maximum absolute atomic E-state index is 10.7. The van der Waals surface area contributed by atoms with Crippen LogP contribution in [0, 0.1) is 6.92 Å². The predicted molar refractivity (Wildman–Crippen MR) is 54.9 cm³/mol. The largest absolute Gasteiger partial charge is 0.478 e. The third-order valence-corrected chi connectivity index (χ3v) is 3.16. The van der Waals surface area contributed by atoms with Crippen LogP contribution in [0.3, 0.4) is 0 Å². The second kappa shape index (κ2) is 4.03. The van der Waals surface area contributed by atoms with Crippen LogP contribution in [0.1, 0.15) is 15.9 Å². The van der Waals surface area contributed by atoms with E-state index in [-0.39, 0.29) is 5.56 Å². The van der Waals surface area contributed by atoms with Gasteiger partial charge in [0.1, 0.15) is 0 Å². The highest BCUT2D eigenvalue weighted by atomic mass is 35.5. The Hall–Kier alpha value is -0.670. The standard InChI is InChI=1S/C9H9ClO2S/c1-5-7(13-2)4-3-6(8(5)10)9(11)12/h3-4H,1-2H3,(H,11,12). The van der Waals surface area contributed by atoms with Crippen LogP contribution in [0.5, 0.6) is 0 Å². The van der Waals surface area contributed by atoms with Crippen molar-refractivity contribution in [3.8, 4) is 0 Å². The second-order valence-corrected chi connectivity index (χ2v) is 3.79. The summed E-state index contributed by atoms with van der Waals surface area (Å²) in [5.41, 5.74) is 0.992. The molecule has 13 heavy (non-hydrogen) atoms. The van der Waals surface area contributed by atoms with Crippen molar-refractivity contribution < 1.29 is 9.90 Å². The molecule has 2 nitrogen and oxygen atoms in total. The molecule has 0 unspecified atom stereocenters. The van der Waals surface area contributed by atoms with Crippen LogP contribution in [0.15, 0.2) is 17.0 Å². The van der Waals surface area contributed by atoms with Crippen molar-refractivity contribution in [3.05, 3.63) is 28.3 Å². The van der Waals surface area contributed by atoms with Crippen molar-refractivity contribution in [1.82, 2.24) is 0 Å². The van der Waals surface area contributed by atoms with Gasteiger partial charge in [0.15, 0.2) is 0 Å². The summed E-state index contributed by atoms with van der Waals surface area (Å²) in [5, 5.41) is 9.10. The van der Waals surface area contributed by atoms with Crippen molar-refractivity contribution in [2.75, 3.05) is 6.26 Å². The Labute approximate surface area is 85.9 Å². The summed E-state index contributed by atoms with van der Waals surface area (Å²) < 4.78 is 0. The van der Waals surface area contributed by atoms with Gasteiger partial charge in [-0.2, -0.15) is 0 Å². The topological polar surface area (TPSA) is 37.3 Å². The molecule has 0 saturated carbocycles. The SMILES string of the molecule is CSc1ccc(C(=O)O)c(Cl)c1C. The number of carbonyl (C=O) groups is 1. The Morgan fingerprint density at radius 3 is 2.62 bits per heavy atom. The quantitative estimate of drug-likeness (QED) is 0.772. The molecule has 0 heterocycles. The fourth-order valence-corrected chi connectivity index (χ4v) is 1.97. The molecule has 0 aromatic heterocycles. The molecule has 0 spiro atoms. The lowest BCUT2D eigenvalue weighted by Crippen LogP contribution is -1.99. The van der Waals surface area contributed by atoms with Gasteiger partial charge in [-0.25, -0.2) is 4.79 Å². The van der Waals surface area contributed by atoms with Crippen LogP contribution < -0.4 is 0 Å². The first-order valence-electron chi connectivity index (χ1n) is 3.64. The van der Waals surface area contributed by atoms with Gasteiger partial charge >= 0.3 is 5.97 Å². The summed E-state index contributed by atoms with van der Waals surface area (Å²) in [5.74, 6) is -0.985. The summed E-state index contributed by atoms with van der Waals surface area (Å²) in [4.78, 5) is 11.7. The zero-order valence-electron chi connectivity index (χ0n) is 7.30. The average Bonchev–Trinajstić information content (AvgIpc) is 2.09. The predicted octanol–water partition coefficient (Wildman–Crippen LogP) is 3.07. The van der Waals surface area contributed by atoms with Gasteiger partial charge in [0.2, 0.25) is 0 Å².